The quantitative estimate of drug-likeness (QED) is 0.747. The molecule has 1 aromatic heterocycles. The second-order valence-corrected chi connectivity index (χ2v) is 7.27. The first-order valence-corrected chi connectivity index (χ1v) is 7.89. The maximum Gasteiger partial charge on any atom is 0.127 e. The molecule has 1 heterocycles. The van der Waals surface area contributed by atoms with E-state index in [4.69, 9.17) is 0 Å². The molecular formula is C13H12Br2FNS. The molecule has 0 fully saturated rings. The standard InChI is InChI=1S/C13H12Br2FNS/c1-8(10-4-2-3-5-12(10)16)17-7-9-6-11(14)13(15)18-9/h2-6,8,17H,7H2,1H3/t8-/m1/s1. The van der Waals surface area contributed by atoms with E-state index in [9.17, 15) is 4.39 Å². The summed E-state index contributed by atoms with van der Waals surface area (Å²) in [5.41, 5.74) is 0.701. The number of hydrogen-bond donors (Lipinski definition) is 1. The van der Waals surface area contributed by atoms with Gasteiger partial charge in [-0.25, -0.2) is 4.39 Å². The topological polar surface area (TPSA) is 12.0 Å². The third-order valence-corrected chi connectivity index (χ3v) is 5.91. The summed E-state index contributed by atoms with van der Waals surface area (Å²) in [5, 5.41) is 3.33. The van der Waals surface area contributed by atoms with E-state index in [1.54, 1.807) is 17.4 Å². The molecule has 2 aromatic rings. The fraction of sp³-hybridized carbons (Fsp3) is 0.231. The summed E-state index contributed by atoms with van der Waals surface area (Å²) in [7, 11) is 0. The van der Waals surface area contributed by atoms with E-state index in [-0.39, 0.29) is 11.9 Å². The lowest BCUT2D eigenvalue weighted by atomic mass is 10.1. The van der Waals surface area contributed by atoms with Crippen LogP contribution < -0.4 is 5.32 Å². The van der Waals surface area contributed by atoms with Crippen LogP contribution in [0.4, 0.5) is 4.39 Å². The number of nitrogens with one attached hydrogen (secondary N) is 1. The molecular weight excluding hydrogens is 381 g/mol. The van der Waals surface area contributed by atoms with Crippen LogP contribution in [0, 0.1) is 5.82 Å². The Labute approximate surface area is 127 Å². The highest BCUT2D eigenvalue weighted by atomic mass is 79.9. The molecule has 0 bridgehead atoms. The van der Waals surface area contributed by atoms with Crippen molar-refractivity contribution in [1.29, 1.82) is 0 Å². The van der Waals surface area contributed by atoms with Crippen LogP contribution in [0.5, 0.6) is 0 Å². The summed E-state index contributed by atoms with van der Waals surface area (Å²) in [5.74, 6) is -0.161. The van der Waals surface area contributed by atoms with Gasteiger partial charge in [0.25, 0.3) is 0 Å². The van der Waals surface area contributed by atoms with E-state index in [2.05, 4.69) is 43.2 Å². The second-order valence-electron chi connectivity index (χ2n) is 3.96. The highest BCUT2D eigenvalue weighted by molar-refractivity contribution is 9.13. The molecule has 96 valence electrons. The van der Waals surface area contributed by atoms with E-state index < -0.39 is 0 Å². The van der Waals surface area contributed by atoms with Crippen molar-refractivity contribution in [2.24, 2.45) is 0 Å². The zero-order valence-electron chi connectivity index (χ0n) is 9.71. The van der Waals surface area contributed by atoms with Gasteiger partial charge in [0.1, 0.15) is 5.82 Å². The Morgan fingerprint density at radius 3 is 2.67 bits per heavy atom. The molecule has 0 aliphatic rings. The van der Waals surface area contributed by atoms with E-state index in [0.717, 1.165) is 14.8 Å². The first kappa shape index (κ1) is 14.2. The molecule has 1 aromatic carbocycles. The highest BCUT2D eigenvalue weighted by Crippen LogP contribution is 2.32. The second kappa shape index (κ2) is 6.28. The van der Waals surface area contributed by atoms with Crippen molar-refractivity contribution in [3.63, 3.8) is 0 Å². The van der Waals surface area contributed by atoms with Crippen LogP contribution in [0.3, 0.4) is 0 Å². The summed E-state index contributed by atoms with van der Waals surface area (Å²) in [6.45, 7) is 2.69. The monoisotopic (exact) mass is 391 g/mol. The molecule has 1 N–H and O–H groups in total. The van der Waals surface area contributed by atoms with Crippen LogP contribution >= 0.6 is 43.2 Å². The normalized spacial score (nSPS) is 12.7. The lowest BCUT2D eigenvalue weighted by Gasteiger charge is -2.14. The van der Waals surface area contributed by atoms with Crippen LogP contribution in [-0.2, 0) is 6.54 Å². The van der Waals surface area contributed by atoms with Gasteiger partial charge in [0.2, 0.25) is 0 Å². The molecule has 0 amide bonds. The minimum absolute atomic E-state index is 0.00847. The minimum Gasteiger partial charge on any atom is -0.305 e. The Kier molecular flexibility index (Phi) is 4.95. The lowest BCUT2D eigenvalue weighted by Crippen LogP contribution is -2.18. The molecule has 2 rings (SSSR count). The molecule has 1 atom stereocenters. The lowest BCUT2D eigenvalue weighted by molar-refractivity contribution is 0.530. The molecule has 0 saturated carbocycles. The van der Waals surface area contributed by atoms with Gasteiger partial charge >= 0.3 is 0 Å². The van der Waals surface area contributed by atoms with Crippen molar-refractivity contribution in [2.75, 3.05) is 0 Å². The molecule has 18 heavy (non-hydrogen) atoms. The fourth-order valence-electron chi connectivity index (χ4n) is 1.67. The highest BCUT2D eigenvalue weighted by Gasteiger charge is 2.10. The summed E-state index contributed by atoms with van der Waals surface area (Å²) in [4.78, 5) is 1.21. The minimum atomic E-state index is -0.161. The fourth-order valence-corrected chi connectivity index (χ4v) is 3.80. The molecule has 0 aliphatic heterocycles. The summed E-state index contributed by atoms with van der Waals surface area (Å²) < 4.78 is 15.7. The van der Waals surface area contributed by atoms with Crippen LogP contribution in [0.2, 0.25) is 0 Å². The van der Waals surface area contributed by atoms with Crippen LogP contribution in [-0.4, -0.2) is 0 Å². The van der Waals surface area contributed by atoms with Crippen molar-refractivity contribution in [3.8, 4) is 0 Å². The number of rotatable bonds is 4. The van der Waals surface area contributed by atoms with Crippen molar-refractivity contribution < 1.29 is 4.39 Å². The van der Waals surface area contributed by atoms with Crippen molar-refractivity contribution in [2.45, 2.75) is 19.5 Å². The number of hydrogen-bond acceptors (Lipinski definition) is 2. The van der Waals surface area contributed by atoms with Crippen LogP contribution in [0.1, 0.15) is 23.4 Å². The zero-order chi connectivity index (χ0) is 13.1. The Bertz CT molecular complexity index is 522. The third-order valence-electron chi connectivity index (χ3n) is 2.65. The summed E-state index contributed by atoms with van der Waals surface area (Å²) in [6, 6.07) is 8.92. The third kappa shape index (κ3) is 3.41. The predicted molar refractivity (Wildman–Crippen MR) is 81.4 cm³/mol. The SMILES string of the molecule is C[C@@H](NCc1cc(Br)c(Br)s1)c1ccccc1F. The molecule has 1 nitrogen and oxygen atoms in total. The Morgan fingerprint density at radius 1 is 1.33 bits per heavy atom. The Morgan fingerprint density at radius 2 is 2.06 bits per heavy atom. The first-order valence-electron chi connectivity index (χ1n) is 5.49. The average Bonchev–Trinajstić information content (AvgIpc) is 2.66. The van der Waals surface area contributed by atoms with Gasteiger partial charge in [-0.2, -0.15) is 0 Å². The van der Waals surface area contributed by atoms with Gasteiger partial charge in [-0.3, -0.25) is 0 Å². The zero-order valence-corrected chi connectivity index (χ0v) is 13.7. The van der Waals surface area contributed by atoms with Crippen LogP contribution in [0.25, 0.3) is 0 Å². The predicted octanol–water partition coefficient (Wildman–Crippen LogP) is 5.26. The maximum absolute atomic E-state index is 13.6. The summed E-state index contributed by atoms with van der Waals surface area (Å²) in [6.07, 6.45) is 0. The summed E-state index contributed by atoms with van der Waals surface area (Å²) >= 11 is 8.59. The molecule has 0 unspecified atom stereocenters. The number of thiophene rings is 1. The average molecular weight is 393 g/mol. The molecule has 0 spiro atoms. The molecule has 5 heteroatoms. The molecule has 0 aliphatic carbocycles. The van der Waals surface area contributed by atoms with Gasteiger partial charge in [-0.1, -0.05) is 18.2 Å². The van der Waals surface area contributed by atoms with E-state index in [1.165, 1.54) is 10.9 Å². The van der Waals surface area contributed by atoms with Gasteiger partial charge in [-0.15, -0.1) is 11.3 Å². The van der Waals surface area contributed by atoms with Gasteiger partial charge in [-0.05, 0) is 50.9 Å². The smallest absolute Gasteiger partial charge is 0.127 e. The Balaban J connectivity index is 2.00. The van der Waals surface area contributed by atoms with E-state index in [0.29, 0.717) is 5.56 Å². The largest absolute Gasteiger partial charge is 0.305 e. The number of halogens is 3. The van der Waals surface area contributed by atoms with Gasteiger partial charge in [0.15, 0.2) is 0 Å². The van der Waals surface area contributed by atoms with Crippen molar-refractivity contribution >= 4 is 43.2 Å². The number of benzene rings is 1. The van der Waals surface area contributed by atoms with Gasteiger partial charge < -0.3 is 5.32 Å². The van der Waals surface area contributed by atoms with E-state index >= 15 is 0 Å². The molecule has 0 saturated heterocycles. The van der Waals surface area contributed by atoms with Gasteiger partial charge in [0.05, 0.1) is 3.79 Å². The maximum atomic E-state index is 13.6. The van der Waals surface area contributed by atoms with Crippen LogP contribution in [0.15, 0.2) is 38.6 Å². The Hall–Kier alpha value is -0.230. The molecule has 0 radical (unpaired) electrons. The van der Waals surface area contributed by atoms with Crippen molar-refractivity contribution in [3.05, 3.63) is 54.8 Å². The first-order chi connectivity index (χ1) is 8.58. The van der Waals surface area contributed by atoms with Crippen molar-refractivity contribution in [1.82, 2.24) is 5.32 Å². The van der Waals surface area contributed by atoms with E-state index in [1.807, 2.05) is 19.1 Å². The van der Waals surface area contributed by atoms with Gasteiger partial charge in [0, 0.05) is 27.5 Å².